The van der Waals surface area contributed by atoms with Crippen molar-refractivity contribution in [2.75, 3.05) is 30.8 Å². The Morgan fingerprint density at radius 3 is 2.55 bits per heavy atom. The van der Waals surface area contributed by atoms with Crippen LogP contribution in [0.1, 0.15) is 25.8 Å². The molecule has 0 saturated carbocycles. The lowest BCUT2D eigenvalue weighted by atomic mass is 9.95. The summed E-state index contributed by atoms with van der Waals surface area (Å²) in [4.78, 5) is 15.6. The molecule has 1 aromatic carbocycles. The highest BCUT2D eigenvalue weighted by Crippen LogP contribution is 2.36. The van der Waals surface area contributed by atoms with Crippen LogP contribution >= 0.6 is 0 Å². The van der Waals surface area contributed by atoms with Gasteiger partial charge in [0.05, 0.1) is 0 Å². The summed E-state index contributed by atoms with van der Waals surface area (Å²) in [5, 5.41) is 0. The van der Waals surface area contributed by atoms with Crippen LogP contribution in [0.2, 0.25) is 0 Å². The molecule has 1 aromatic rings. The quantitative estimate of drug-likeness (QED) is 0.847. The molecule has 1 saturated heterocycles. The van der Waals surface area contributed by atoms with Crippen LogP contribution in [-0.2, 0) is 4.79 Å². The molecule has 2 N–H and O–H groups in total. The fourth-order valence-corrected chi connectivity index (χ4v) is 2.63. The zero-order valence-electron chi connectivity index (χ0n) is 11.9. The van der Waals surface area contributed by atoms with E-state index in [1.54, 1.807) is 42.8 Å². The van der Waals surface area contributed by atoms with Gasteiger partial charge in [-0.1, -0.05) is 0 Å². The highest BCUT2D eigenvalue weighted by molar-refractivity contribution is 5.90. The van der Waals surface area contributed by atoms with E-state index in [1.807, 2.05) is 0 Å². The van der Waals surface area contributed by atoms with Crippen molar-refractivity contribution in [1.82, 2.24) is 4.90 Å². The Kier molecular flexibility index (Phi) is 3.58. The third-order valence-electron chi connectivity index (χ3n) is 3.78. The number of anilines is 2. The highest BCUT2D eigenvalue weighted by Gasteiger charge is 2.41. The first-order valence-corrected chi connectivity index (χ1v) is 6.46. The molecule has 1 fully saturated rings. The summed E-state index contributed by atoms with van der Waals surface area (Å²) < 4.78 is 26.4. The summed E-state index contributed by atoms with van der Waals surface area (Å²) in [5.41, 5.74) is 5.27. The number of piperazine rings is 1. The number of carbonyl (C=O) groups excluding carboxylic acids is 1. The van der Waals surface area contributed by atoms with Gasteiger partial charge in [0, 0.05) is 37.1 Å². The minimum absolute atomic E-state index is 0.0826. The van der Waals surface area contributed by atoms with Crippen molar-refractivity contribution in [2.45, 2.75) is 25.8 Å². The molecule has 1 aliphatic heterocycles. The molecular formula is C14H19F2N3O. The lowest BCUT2D eigenvalue weighted by Gasteiger charge is -2.46. The largest absolute Gasteiger partial charge is 0.399 e. The van der Waals surface area contributed by atoms with Gasteiger partial charge >= 0.3 is 0 Å². The second kappa shape index (κ2) is 4.92. The number of nitrogens with two attached hydrogens (primary N) is 1. The zero-order valence-corrected chi connectivity index (χ0v) is 11.9. The van der Waals surface area contributed by atoms with E-state index in [1.165, 1.54) is 6.07 Å². The summed E-state index contributed by atoms with van der Waals surface area (Å²) in [6, 6.07) is 4.43. The standard InChI is InChI=1S/C14H19F2N3O/c1-14(2)13(20)18(3)6-7-19(14)11-5-4-9(17)8-10(11)12(15)16/h4-5,8,12H,6-7,17H2,1-3H3. The number of carbonyl (C=O) groups is 1. The topological polar surface area (TPSA) is 49.6 Å². The van der Waals surface area contributed by atoms with E-state index < -0.39 is 12.0 Å². The highest BCUT2D eigenvalue weighted by atomic mass is 19.3. The molecule has 2 rings (SSSR count). The predicted octanol–water partition coefficient (Wildman–Crippen LogP) is 2.26. The molecule has 4 nitrogen and oxygen atoms in total. The van der Waals surface area contributed by atoms with Crippen molar-refractivity contribution in [2.24, 2.45) is 0 Å². The lowest BCUT2D eigenvalue weighted by Crippen LogP contribution is -2.62. The molecule has 0 atom stereocenters. The second-order valence-corrected chi connectivity index (χ2v) is 5.56. The number of amides is 1. The normalized spacial score (nSPS) is 18.8. The van der Waals surface area contributed by atoms with Crippen molar-refractivity contribution in [3.8, 4) is 0 Å². The Balaban J connectivity index is 2.48. The van der Waals surface area contributed by atoms with Gasteiger partial charge in [0.2, 0.25) is 5.91 Å². The monoisotopic (exact) mass is 283 g/mol. The van der Waals surface area contributed by atoms with Crippen molar-refractivity contribution in [3.05, 3.63) is 23.8 Å². The summed E-state index contributed by atoms with van der Waals surface area (Å²) in [7, 11) is 1.72. The van der Waals surface area contributed by atoms with Gasteiger partial charge in [-0.2, -0.15) is 0 Å². The fourth-order valence-electron chi connectivity index (χ4n) is 2.63. The Morgan fingerprint density at radius 1 is 1.30 bits per heavy atom. The van der Waals surface area contributed by atoms with Crippen molar-refractivity contribution in [3.63, 3.8) is 0 Å². The summed E-state index contributed by atoms with van der Waals surface area (Å²) in [6.45, 7) is 4.52. The second-order valence-electron chi connectivity index (χ2n) is 5.56. The number of benzene rings is 1. The summed E-state index contributed by atoms with van der Waals surface area (Å²) in [6.07, 6.45) is -2.63. The molecular weight excluding hydrogens is 264 g/mol. The Hall–Kier alpha value is -1.85. The smallest absolute Gasteiger partial charge is 0.265 e. The molecule has 0 unspecified atom stereocenters. The number of likely N-dealkylation sites (N-methyl/N-ethyl adjacent to an activating group) is 1. The van der Waals surface area contributed by atoms with Gasteiger partial charge in [-0.3, -0.25) is 4.79 Å². The summed E-state index contributed by atoms with van der Waals surface area (Å²) >= 11 is 0. The van der Waals surface area contributed by atoms with Crippen LogP contribution in [-0.4, -0.2) is 36.5 Å². The van der Waals surface area contributed by atoms with E-state index in [0.717, 1.165) is 0 Å². The number of hydrogen-bond donors (Lipinski definition) is 1. The number of alkyl halides is 2. The molecule has 6 heteroatoms. The Morgan fingerprint density at radius 2 is 1.95 bits per heavy atom. The average Bonchev–Trinajstić information content (AvgIpc) is 2.37. The van der Waals surface area contributed by atoms with Crippen LogP contribution < -0.4 is 10.6 Å². The minimum Gasteiger partial charge on any atom is -0.399 e. The molecule has 0 spiro atoms. The molecule has 110 valence electrons. The van der Waals surface area contributed by atoms with E-state index in [4.69, 9.17) is 5.73 Å². The molecule has 0 aliphatic carbocycles. The van der Waals surface area contributed by atoms with E-state index in [2.05, 4.69) is 0 Å². The molecule has 20 heavy (non-hydrogen) atoms. The Labute approximate surface area is 117 Å². The molecule has 0 radical (unpaired) electrons. The first-order chi connectivity index (χ1) is 9.25. The van der Waals surface area contributed by atoms with Crippen LogP contribution in [0.5, 0.6) is 0 Å². The first-order valence-electron chi connectivity index (χ1n) is 6.46. The van der Waals surface area contributed by atoms with Gasteiger partial charge in [-0.25, -0.2) is 8.78 Å². The van der Waals surface area contributed by atoms with Crippen LogP contribution in [0.25, 0.3) is 0 Å². The van der Waals surface area contributed by atoms with E-state index in [0.29, 0.717) is 24.5 Å². The predicted molar refractivity (Wildman–Crippen MR) is 74.9 cm³/mol. The molecule has 1 aliphatic rings. The fraction of sp³-hybridized carbons (Fsp3) is 0.500. The third-order valence-corrected chi connectivity index (χ3v) is 3.78. The SMILES string of the molecule is CN1CCN(c2ccc(N)cc2C(F)F)C(C)(C)C1=O. The number of hydrogen-bond acceptors (Lipinski definition) is 3. The van der Waals surface area contributed by atoms with E-state index in [9.17, 15) is 13.6 Å². The number of halogens is 2. The molecule has 0 aromatic heterocycles. The van der Waals surface area contributed by atoms with Gasteiger partial charge in [-0.15, -0.1) is 0 Å². The van der Waals surface area contributed by atoms with Gasteiger partial charge in [0.1, 0.15) is 5.54 Å². The van der Waals surface area contributed by atoms with Gasteiger partial charge < -0.3 is 15.5 Å². The maximum Gasteiger partial charge on any atom is 0.265 e. The van der Waals surface area contributed by atoms with E-state index >= 15 is 0 Å². The third kappa shape index (κ3) is 2.30. The number of rotatable bonds is 2. The zero-order chi connectivity index (χ0) is 15.1. The van der Waals surface area contributed by atoms with Crippen molar-refractivity contribution < 1.29 is 13.6 Å². The lowest BCUT2D eigenvalue weighted by molar-refractivity contribution is -0.136. The maximum atomic E-state index is 13.2. The first kappa shape index (κ1) is 14.6. The van der Waals surface area contributed by atoms with Gasteiger partial charge in [0.15, 0.2) is 0 Å². The van der Waals surface area contributed by atoms with Crippen LogP contribution in [0, 0.1) is 0 Å². The van der Waals surface area contributed by atoms with E-state index in [-0.39, 0.29) is 11.5 Å². The number of nitrogen functional groups attached to an aromatic ring is 1. The van der Waals surface area contributed by atoms with Crippen molar-refractivity contribution >= 4 is 17.3 Å². The van der Waals surface area contributed by atoms with Gasteiger partial charge in [0.25, 0.3) is 6.43 Å². The van der Waals surface area contributed by atoms with Crippen molar-refractivity contribution in [1.29, 1.82) is 0 Å². The maximum absolute atomic E-state index is 13.2. The Bertz CT molecular complexity index is 531. The average molecular weight is 283 g/mol. The minimum atomic E-state index is -2.63. The molecule has 1 amide bonds. The van der Waals surface area contributed by atoms with Gasteiger partial charge in [-0.05, 0) is 32.0 Å². The molecule has 1 heterocycles. The number of nitrogens with zero attached hydrogens (tertiary/aromatic N) is 2. The molecule has 0 bridgehead atoms. The van der Waals surface area contributed by atoms with Crippen LogP contribution in [0.4, 0.5) is 20.2 Å². The van der Waals surface area contributed by atoms with Crippen LogP contribution in [0.15, 0.2) is 18.2 Å². The van der Waals surface area contributed by atoms with Crippen LogP contribution in [0.3, 0.4) is 0 Å². The summed E-state index contributed by atoms with van der Waals surface area (Å²) in [5.74, 6) is -0.0826.